The van der Waals surface area contributed by atoms with Crippen molar-refractivity contribution in [2.45, 2.75) is 19.1 Å². The number of hydrogen-bond acceptors (Lipinski definition) is 5. The van der Waals surface area contributed by atoms with E-state index in [0.29, 0.717) is 30.4 Å². The highest BCUT2D eigenvalue weighted by atomic mass is 32.2. The molecule has 0 bridgehead atoms. The van der Waals surface area contributed by atoms with Gasteiger partial charge in [-0.15, -0.1) is 11.8 Å². The maximum Gasteiger partial charge on any atom is 0.257 e. The van der Waals surface area contributed by atoms with E-state index in [2.05, 4.69) is 34.5 Å². The van der Waals surface area contributed by atoms with Gasteiger partial charge in [0.15, 0.2) is 5.82 Å². The van der Waals surface area contributed by atoms with Crippen molar-refractivity contribution < 1.29 is 9.32 Å². The van der Waals surface area contributed by atoms with Crippen LogP contribution in [0.1, 0.15) is 17.0 Å². The minimum absolute atomic E-state index is 0.0235. The summed E-state index contributed by atoms with van der Waals surface area (Å²) < 4.78 is 5.26. The maximum atomic E-state index is 11.9. The maximum absolute atomic E-state index is 11.9. The highest BCUT2D eigenvalue weighted by Gasteiger charge is 2.09. The lowest BCUT2D eigenvalue weighted by atomic mass is 10.1. The second-order valence-electron chi connectivity index (χ2n) is 5.90. The summed E-state index contributed by atoms with van der Waals surface area (Å²) >= 11 is 1.61. The molecule has 1 aromatic heterocycles. The van der Waals surface area contributed by atoms with Crippen LogP contribution in [0.2, 0.25) is 0 Å². The van der Waals surface area contributed by atoms with E-state index in [1.165, 1.54) is 11.1 Å². The Morgan fingerprint density at radius 1 is 1.12 bits per heavy atom. The lowest BCUT2D eigenvalue weighted by Crippen LogP contribution is -2.27. The van der Waals surface area contributed by atoms with E-state index in [-0.39, 0.29) is 5.91 Å². The molecule has 6 heteroatoms. The zero-order valence-electron chi connectivity index (χ0n) is 14.6. The topological polar surface area (TPSA) is 68.0 Å². The second-order valence-corrected chi connectivity index (χ2v) is 6.89. The molecule has 3 rings (SSSR count). The van der Waals surface area contributed by atoms with Crippen LogP contribution in [0.25, 0.3) is 11.5 Å². The molecule has 0 aliphatic rings. The van der Waals surface area contributed by atoms with Gasteiger partial charge in [-0.05, 0) is 30.2 Å². The molecule has 26 heavy (non-hydrogen) atoms. The predicted molar refractivity (Wildman–Crippen MR) is 104 cm³/mol. The molecule has 0 radical (unpaired) electrons. The van der Waals surface area contributed by atoms with E-state index in [0.717, 1.165) is 11.3 Å². The average molecular weight is 367 g/mol. The SMILES string of the molecule is Cc1ccccc1CSCC(=O)NCCc1noc(-c2ccccc2)n1. The van der Waals surface area contributed by atoms with Gasteiger partial charge in [-0.3, -0.25) is 4.79 Å². The summed E-state index contributed by atoms with van der Waals surface area (Å²) in [6.45, 7) is 2.59. The fourth-order valence-corrected chi connectivity index (χ4v) is 3.38. The minimum atomic E-state index is 0.0235. The Morgan fingerprint density at radius 2 is 1.88 bits per heavy atom. The molecule has 2 aromatic carbocycles. The van der Waals surface area contributed by atoms with Gasteiger partial charge in [0.2, 0.25) is 5.91 Å². The van der Waals surface area contributed by atoms with Gasteiger partial charge in [-0.1, -0.05) is 47.6 Å². The fraction of sp³-hybridized carbons (Fsp3) is 0.250. The first-order chi connectivity index (χ1) is 12.7. The van der Waals surface area contributed by atoms with Gasteiger partial charge in [0, 0.05) is 24.3 Å². The van der Waals surface area contributed by atoms with Crippen LogP contribution in [-0.2, 0) is 17.0 Å². The quantitative estimate of drug-likeness (QED) is 0.658. The molecule has 134 valence electrons. The van der Waals surface area contributed by atoms with E-state index in [1.807, 2.05) is 42.5 Å². The van der Waals surface area contributed by atoms with Crippen LogP contribution in [0.3, 0.4) is 0 Å². The van der Waals surface area contributed by atoms with Crippen LogP contribution in [-0.4, -0.2) is 28.3 Å². The molecule has 0 spiro atoms. The van der Waals surface area contributed by atoms with Gasteiger partial charge >= 0.3 is 0 Å². The molecule has 0 aliphatic heterocycles. The monoisotopic (exact) mass is 367 g/mol. The molecule has 0 fully saturated rings. The van der Waals surface area contributed by atoms with Crippen LogP contribution >= 0.6 is 11.8 Å². The number of nitrogens with one attached hydrogen (secondary N) is 1. The highest BCUT2D eigenvalue weighted by Crippen LogP contribution is 2.16. The first-order valence-electron chi connectivity index (χ1n) is 8.49. The van der Waals surface area contributed by atoms with E-state index >= 15 is 0 Å². The van der Waals surface area contributed by atoms with E-state index < -0.39 is 0 Å². The standard InChI is InChI=1S/C20H21N3O2S/c1-15-7-5-6-10-17(15)13-26-14-19(24)21-12-11-18-22-20(25-23-18)16-8-3-2-4-9-16/h2-10H,11-14H2,1H3,(H,21,24). The predicted octanol–water partition coefficient (Wildman–Crippen LogP) is 3.64. The van der Waals surface area contributed by atoms with Gasteiger partial charge < -0.3 is 9.84 Å². The Morgan fingerprint density at radius 3 is 2.69 bits per heavy atom. The summed E-state index contributed by atoms with van der Waals surface area (Å²) in [5.41, 5.74) is 3.42. The smallest absolute Gasteiger partial charge is 0.257 e. The molecule has 0 unspecified atom stereocenters. The van der Waals surface area contributed by atoms with Crippen molar-refractivity contribution in [2.24, 2.45) is 0 Å². The number of hydrogen-bond donors (Lipinski definition) is 1. The second kappa shape index (κ2) is 9.20. The molecule has 1 N–H and O–H groups in total. The first kappa shape index (κ1) is 18.2. The van der Waals surface area contributed by atoms with Crippen molar-refractivity contribution in [3.63, 3.8) is 0 Å². The first-order valence-corrected chi connectivity index (χ1v) is 9.65. The Balaban J connectivity index is 1.38. The summed E-state index contributed by atoms with van der Waals surface area (Å²) in [5.74, 6) is 2.40. The number of carbonyl (C=O) groups excluding carboxylic acids is 1. The van der Waals surface area contributed by atoms with Crippen LogP contribution in [0, 0.1) is 6.92 Å². The number of thioether (sulfide) groups is 1. The van der Waals surface area contributed by atoms with Crippen LogP contribution in [0.15, 0.2) is 59.1 Å². The summed E-state index contributed by atoms with van der Waals surface area (Å²) in [5, 5.41) is 6.86. The Kier molecular flexibility index (Phi) is 6.44. The molecule has 0 saturated carbocycles. The van der Waals surface area contributed by atoms with Gasteiger partial charge in [-0.25, -0.2) is 0 Å². The molecule has 0 atom stereocenters. The Bertz CT molecular complexity index is 849. The number of aryl methyl sites for hydroxylation is 1. The van der Waals surface area contributed by atoms with Crippen molar-refractivity contribution in [1.82, 2.24) is 15.5 Å². The van der Waals surface area contributed by atoms with Gasteiger partial charge in [-0.2, -0.15) is 4.98 Å². The Labute approximate surface area is 157 Å². The third-order valence-corrected chi connectivity index (χ3v) is 4.89. The van der Waals surface area contributed by atoms with Gasteiger partial charge in [0.05, 0.1) is 5.75 Å². The molecule has 0 aliphatic carbocycles. The average Bonchev–Trinajstić information content (AvgIpc) is 3.13. The lowest BCUT2D eigenvalue weighted by molar-refractivity contribution is -0.118. The zero-order valence-corrected chi connectivity index (χ0v) is 15.5. The van der Waals surface area contributed by atoms with Crippen molar-refractivity contribution in [3.8, 4) is 11.5 Å². The molecule has 1 amide bonds. The summed E-state index contributed by atoms with van der Waals surface area (Å²) in [6, 6.07) is 17.9. The summed E-state index contributed by atoms with van der Waals surface area (Å²) in [4.78, 5) is 16.3. The molecule has 5 nitrogen and oxygen atoms in total. The molecule has 0 saturated heterocycles. The third kappa shape index (κ3) is 5.20. The molecule has 3 aromatic rings. The normalized spacial score (nSPS) is 10.7. The summed E-state index contributed by atoms with van der Waals surface area (Å²) in [7, 11) is 0. The number of rotatable bonds is 8. The Hall–Kier alpha value is -2.60. The summed E-state index contributed by atoms with van der Waals surface area (Å²) in [6.07, 6.45) is 0.546. The number of amides is 1. The van der Waals surface area contributed by atoms with E-state index in [1.54, 1.807) is 11.8 Å². The largest absolute Gasteiger partial charge is 0.355 e. The minimum Gasteiger partial charge on any atom is -0.355 e. The van der Waals surface area contributed by atoms with Gasteiger partial charge in [0.25, 0.3) is 5.89 Å². The van der Waals surface area contributed by atoms with Gasteiger partial charge in [0.1, 0.15) is 0 Å². The van der Waals surface area contributed by atoms with Crippen molar-refractivity contribution in [2.75, 3.05) is 12.3 Å². The van der Waals surface area contributed by atoms with Crippen LogP contribution < -0.4 is 5.32 Å². The van der Waals surface area contributed by atoms with Crippen molar-refractivity contribution in [3.05, 3.63) is 71.5 Å². The van der Waals surface area contributed by atoms with Crippen molar-refractivity contribution >= 4 is 17.7 Å². The molecular weight excluding hydrogens is 346 g/mol. The number of benzene rings is 2. The van der Waals surface area contributed by atoms with E-state index in [4.69, 9.17) is 4.52 Å². The fourth-order valence-electron chi connectivity index (χ4n) is 2.44. The molecule has 1 heterocycles. The highest BCUT2D eigenvalue weighted by molar-refractivity contribution is 7.99. The van der Waals surface area contributed by atoms with Crippen LogP contribution in [0.5, 0.6) is 0 Å². The molecular formula is C20H21N3O2S. The van der Waals surface area contributed by atoms with Crippen molar-refractivity contribution in [1.29, 1.82) is 0 Å². The third-order valence-electron chi connectivity index (χ3n) is 3.91. The lowest BCUT2D eigenvalue weighted by Gasteiger charge is -2.06. The number of carbonyl (C=O) groups is 1. The van der Waals surface area contributed by atoms with E-state index in [9.17, 15) is 4.79 Å². The number of nitrogens with zero attached hydrogens (tertiary/aromatic N) is 2. The zero-order chi connectivity index (χ0) is 18.2. The van der Waals surface area contributed by atoms with Crippen LogP contribution in [0.4, 0.5) is 0 Å². The number of aromatic nitrogens is 2.